The number of rotatable bonds is 3. The molecule has 0 aromatic carbocycles. The molecule has 0 aromatic rings. The van der Waals surface area contributed by atoms with E-state index in [1.54, 1.807) is 0 Å². The molecule has 0 N–H and O–H groups in total. The molecule has 0 aliphatic rings. The molecule has 0 spiro atoms. The van der Waals surface area contributed by atoms with E-state index in [1.807, 2.05) is 27.7 Å². The first-order valence-corrected chi connectivity index (χ1v) is 4.88. The molecule has 0 saturated heterocycles. The van der Waals surface area contributed by atoms with Crippen molar-refractivity contribution in [3.63, 3.8) is 0 Å². The van der Waals surface area contributed by atoms with Gasteiger partial charge in [-0.15, -0.1) is 0 Å². The van der Waals surface area contributed by atoms with E-state index in [2.05, 4.69) is 0 Å². The molecular formula is C11H19NO2. The number of hydrogen-bond donors (Lipinski definition) is 0. The molecule has 3 nitrogen and oxygen atoms in total. The lowest BCUT2D eigenvalue weighted by molar-refractivity contribution is -0.142. The Morgan fingerprint density at radius 3 is 2.07 bits per heavy atom. The Morgan fingerprint density at radius 1 is 1.29 bits per heavy atom. The molecule has 14 heavy (non-hydrogen) atoms. The van der Waals surface area contributed by atoms with Crippen molar-refractivity contribution in [2.45, 2.75) is 47.1 Å². The summed E-state index contributed by atoms with van der Waals surface area (Å²) in [4.78, 5) is 24.2. The lowest BCUT2D eigenvalue weighted by atomic mass is 10.2. The van der Waals surface area contributed by atoms with Gasteiger partial charge in [-0.05, 0) is 27.2 Å². The van der Waals surface area contributed by atoms with Gasteiger partial charge in [-0.3, -0.25) is 14.5 Å². The highest BCUT2D eigenvalue weighted by Gasteiger charge is 2.20. The SMILES string of the molecule is CCC(C)N(C(C)=O)C(=O)C=C(C)C. The molecule has 2 amide bonds. The van der Waals surface area contributed by atoms with Crippen molar-refractivity contribution in [1.82, 2.24) is 4.90 Å². The van der Waals surface area contributed by atoms with Gasteiger partial charge in [0.05, 0.1) is 0 Å². The third-order valence-corrected chi connectivity index (χ3v) is 2.02. The average Bonchev–Trinajstić information content (AvgIpc) is 2.01. The summed E-state index contributed by atoms with van der Waals surface area (Å²) in [5.74, 6) is -0.409. The summed E-state index contributed by atoms with van der Waals surface area (Å²) in [6, 6.07) is -0.0319. The molecule has 0 fully saturated rings. The van der Waals surface area contributed by atoms with Crippen LogP contribution in [0.5, 0.6) is 0 Å². The maximum Gasteiger partial charge on any atom is 0.253 e. The third-order valence-electron chi connectivity index (χ3n) is 2.02. The van der Waals surface area contributed by atoms with Crippen LogP contribution in [-0.4, -0.2) is 22.8 Å². The Balaban J connectivity index is 4.76. The van der Waals surface area contributed by atoms with Gasteiger partial charge in [-0.2, -0.15) is 0 Å². The monoisotopic (exact) mass is 197 g/mol. The topological polar surface area (TPSA) is 37.4 Å². The van der Waals surface area contributed by atoms with E-state index in [9.17, 15) is 9.59 Å². The zero-order valence-electron chi connectivity index (χ0n) is 9.63. The average molecular weight is 197 g/mol. The normalized spacial score (nSPS) is 11.8. The van der Waals surface area contributed by atoms with E-state index in [0.717, 1.165) is 12.0 Å². The van der Waals surface area contributed by atoms with Crippen molar-refractivity contribution in [3.05, 3.63) is 11.6 Å². The quantitative estimate of drug-likeness (QED) is 0.650. The first-order chi connectivity index (χ1) is 6.40. The van der Waals surface area contributed by atoms with Crippen molar-refractivity contribution in [2.75, 3.05) is 0 Å². The third kappa shape index (κ3) is 3.73. The molecular weight excluding hydrogens is 178 g/mol. The second kappa shape index (κ2) is 5.58. The van der Waals surface area contributed by atoms with Crippen LogP contribution in [0.4, 0.5) is 0 Å². The van der Waals surface area contributed by atoms with Crippen LogP contribution in [-0.2, 0) is 9.59 Å². The van der Waals surface area contributed by atoms with Gasteiger partial charge in [-0.1, -0.05) is 12.5 Å². The fraction of sp³-hybridized carbons (Fsp3) is 0.636. The molecule has 0 bridgehead atoms. The molecule has 80 valence electrons. The Hall–Kier alpha value is -1.12. The Labute approximate surface area is 85.8 Å². The molecule has 1 unspecified atom stereocenters. The minimum absolute atomic E-state index is 0.0319. The van der Waals surface area contributed by atoms with Crippen molar-refractivity contribution < 1.29 is 9.59 Å². The van der Waals surface area contributed by atoms with Gasteiger partial charge in [0.25, 0.3) is 5.91 Å². The number of amides is 2. The van der Waals surface area contributed by atoms with E-state index in [1.165, 1.54) is 17.9 Å². The largest absolute Gasteiger partial charge is 0.276 e. The molecule has 0 aliphatic carbocycles. The lowest BCUT2D eigenvalue weighted by Gasteiger charge is -2.24. The molecule has 3 heteroatoms. The standard InChI is InChI=1S/C11H19NO2/c1-6-9(4)12(10(5)13)11(14)7-8(2)3/h7,9H,6H2,1-5H3. The van der Waals surface area contributed by atoms with Gasteiger partial charge < -0.3 is 0 Å². The lowest BCUT2D eigenvalue weighted by Crippen LogP contribution is -2.40. The summed E-state index contributed by atoms with van der Waals surface area (Å²) in [6.07, 6.45) is 2.27. The van der Waals surface area contributed by atoms with Crippen molar-refractivity contribution >= 4 is 11.8 Å². The molecule has 0 aromatic heterocycles. The van der Waals surface area contributed by atoms with Crippen LogP contribution in [0, 0.1) is 0 Å². The molecule has 0 heterocycles. The maximum atomic E-state index is 11.6. The second-order valence-electron chi connectivity index (χ2n) is 3.71. The minimum Gasteiger partial charge on any atom is -0.276 e. The summed E-state index contributed by atoms with van der Waals surface area (Å²) in [5, 5.41) is 0. The molecule has 0 radical (unpaired) electrons. The summed E-state index contributed by atoms with van der Waals surface area (Å²) >= 11 is 0. The summed E-state index contributed by atoms with van der Waals surface area (Å²) in [5.41, 5.74) is 0.907. The number of carbonyl (C=O) groups is 2. The smallest absolute Gasteiger partial charge is 0.253 e. The maximum absolute atomic E-state index is 11.6. The Bertz CT molecular complexity index is 252. The van der Waals surface area contributed by atoms with Gasteiger partial charge in [0, 0.05) is 19.0 Å². The predicted molar refractivity (Wildman–Crippen MR) is 56.7 cm³/mol. The van der Waals surface area contributed by atoms with Crippen molar-refractivity contribution in [1.29, 1.82) is 0 Å². The number of hydrogen-bond acceptors (Lipinski definition) is 2. The van der Waals surface area contributed by atoms with E-state index in [0.29, 0.717) is 0 Å². The second-order valence-corrected chi connectivity index (χ2v) is 3.71. The van der Waals surface area contributed by atoms with E-state index in [-0.39, 0.29) is 17.9 Å². The van der Waals surface area contributed by atoms with Gasteiger partial charge in [-0.25, -0.2) is 0 Å². The number of imide groups is 1. The molecule has 0 rings (SSSR count). The van der Waals surface area contributed by atoms with Crippen LogP contribution >= 0.6 is 0 Å². The highest BCUT2D eigenvalue weighted by molar-refractivity contribution is 6.00. The number of nitrogens with zero attached hydrogens (tertiary/aromatic N) is 1. The van der Waals surface area contributed by atoms with Crippen LogP contribution in [0.2, 0.25) is 0 Å². The van der Waals surface area contributed by atoms with Gasteiger partial charge in [0.1, 0.15) is 0 Å². The minimum atomic E-state index is -0.216. The van der Waals surface area contributed by atoms with Gasteiger partial charge in [0.2, 0.25) is 5.91 Å². The highest BCUT2D eigenvalue weighted by atomic mass is 16.2. The van der Waals surface area contributed by atoms with Crippen LogP contribution in [0.15, 0.2) is 11.6 Å². The molecule has 0 saturated carbocycles. The Morgan fingerprint density at radius 2 is 1.79 bits per heavy atom. The van der Waals surface area contributed by atoms with E-state index < -0.39 is 0 Å². The van der Waals surface area contributed by atoms with E-state index in [4.69, 9.17) is 0 Å². The first kappa shape index (κ1) is 12.9. The molecule has 1 atom stereocenters. The van der Waals surface area contributed by atoms with Gasteiger partial charge in [0.15, 0.2) is 0 Å². The van der Waals surface area contributed by atoms with Gasteiger partial charge >= 0.3 is 0 Å². The van der Waals surface area contributed by atoms with Crippen LogP contribution in [0.25, 0.3) is 0 Å². The van der Waals surface area contributed by atoms with Crippen molar-refractivity contribution in [3.8, 4) is 0 Å². The zero-order valence-corrected chi connectivity index (χ0v) is 9.63. The first-order valence-electron chi connectivity index (χ1n) is 4.88. The number of carbonyl (C=O) groups excluding carboxylic acids is 2. The summed E-state index contributed by atoms with van der Waals surface area (Å²) < 4.78 is 0. The Kier molecular flexibility index (Phi) is 5.13. The summed E-state index contributed by atoms with van der Waals surface area (Å²) in [7, 11) is 0. The van der Waals surface area contributed by atoms with Crippen LogP contribution in [0.3, 0.4) is 0 Å². The van der Waals surface area contributed by atoms with Crippen molar-refractivity contribution in [2.24, 2.45) is 0 Å². The van der Waals surface area contributed by atoms with E-state index >= 15 is 0 Å². The fourth-order valence-corrected chi connectivity index (χ4v) is 1.18. The van der Waals surface area contributed by atoms with Crippen LogP contribution in [0.1, 0.15) is 41.0 Å². The predicted octanol–water partition coefficient (Wildman–Crippen LogP) is 2.13. The summed E-state index contributed by atoms with van der Waals surface area (Å²) in [6.45, 7) is 8.93. The zero-order chi connectivity index (χ0) is 11.3. The highest BCUT2D eigenvalue weighted by Crippen LogP contribution is 2.06. The van der Waals surface area contributed by atoms with Crippen LogP contribution < -0.4 is 0 Å². The fourth-order valence-electron chi connectivity index (χ4n) is 1.18. The number of allylic oxidation sites excluding steroid dienone is 1. The molecule has 0 aliphatic heterocycles.